The Morgan fingerprint density at radius 1 is 1.35 bits per heavy atom. The van der Waals surface area contributed by atoms with Crippen LogP contribution in [0.4, 0.5) is 0 Å². The Hall–Kier alpha value is -1.96. The SMILES string of the molecule is O=C(O)C1CN(C(=O)c2csc(-c3ccc(Cl)cc3)n2)CCO1. The molecule has 3 rings (SSSR count). The molecule has 2 heterocycles. The standard InChI is InChI=1S/C15H13ClN2O4S/c16-10-3-1-9(2-4-10)13-17-11(8-23-13)14(19)18-5-6-22-12(7-18)15(20)21/h1-4,8,12H,5-7H2,(H,20,21). The molecule has 0 radical (unpaired) electrons. The van der Waals surface area contributed by atoms with Crippen molar-refractivity contribution in [2.24, 2.45) is 0 Å². The molecular formula is C15H13ClN2O4S. The molecule has 120 valence electrons. The summed E-state index contributed by atoms with van der Waals surface area (Å²) < 4.78 is 5.12. The van der Waals surface area contributed by atoms with Gasteiger partial charge in [0, 0.05) is 22.5 Å². The van der Waals surface area contributed by atoms with Gasteiger partial charge in [-0.2, -0.15) is 0 Å². The van der Waals surface area contributed by atoms with E-state index in [1.165, 1.54) is 16.2 Å². The number of amides is 1. The largest absolute Gasteiger partial charge is 0.479 e. The summed E-state index contributed by atoms with van der Waals surface area (Å²) in [5.41, 5.74) is 1.19. The van der Waals surface area contributed by atoms with Crippen molar-refractivity contribution in [3.8, 4) is 10.6 Å². The van der Waals surface area contributed by atoms with Crippen LogP contribution < -0.4 is 0 Å². The third-order valence-electron chi connectivity index (χ3n) is 3.44. The maximum absolute atomic E-state index is 12.5. The number of aliphatic carboxylic acids is 1. The van der Waals surface area contributed by atoms with Crippen molar-refractivity contribution in [1.29, 1.82) is 0 Å². The molecule has 1 aliphatic heterocycles. The summed E-state index contributed by atoms with van der Waals surface area (Å²) in [5.74, 6) is -1.35. The summed E-state index contributed by atoms with van der Waals surface area (Å²) in [6, 6.07) is 7.20. The molecule has 1 N–H and O–H groups in total. The third-order valence-corrected chi connectivity index (χ3v) is 4.59. The molecule has 6 nitrogen and oxygen atoms in total. The highest BCUT2D eigenvalue weighted by Gasteiger charge is 2.30. The van der Waals surface area contributed by atoms with E-state index in [9.17, 15) is 9.59 Å². The van der Waals surface area contributed by atoms with Crippen LogP contribution in [0.5, 0.6) is 0 Å². The average Bonchev–Trinajstić information content (AvgIpc) is 3.05. The van der Waals surface area contributed by atoms with E-state index in [4.69, 9.17) is 21.4 Å². The van der Waals surface area contributed by atoms with Crippen LogP contribution in [0.2, 0.25) is 5.02 Å². The molecule has 1 unspecified atom stereocenters. The molecule has 1 aromatic carbocycles. The van der Waals surface area contributed by atoms with Crippen LogP contribution in [0.3, 0.4) is 0 Å². The molecule has 2 aromatic rings. The highest BCUT2D eigenvalue weighted by molar-refractivity contribution is 7.13. The Labute approximate surface area is 141 Å². The fraction of sp³-hybridized carbons (Fsp3) is 0.267. The number of morpholine rings is 1. The second kappa shape index (κ2) is 6.66. The van der Waals surface area contributed by atoms with Crippen molar-refractivity contribution in [3.63, 3.8) is 0 Å². The van der Waals surface area contributed by atoms with Crippen molar-refractivity contribution in [1.82, 2.24) is 9.88 Å². The van der Waals surface area contributed by atoms with Crippen molar-refractivity contribution in [2.75, 3.05) is 19.7 Å². The molecule has 0 spiro atoms. The van der Waals surface area contributed by atoms with Crippen LogP contribution in [0.1, 0.15) is 10.5 Å². The number of benzene rings is 1. The Balaban J connectivity index is 1.75. The van der Waals surface area contributed by atoms with E-state index in [2.05, 4.69) is 4.98 Å². The van der Waals surface area contributed by atoms with Crippen LogP contribution >= 0.6 is 22.9 Å². The number of hydrogen-bond donors (Lipinski definition) is 1. The molecule has 1 atom stereocenters. The number of hydrogen-bond acceptors (Lipinski definition) is 5. The normalized spacial score (nSPS) is 18.0. The number of carbonyl (C=O) groups excluding carboxylic acids is 1. The number of ether oxygens (including phenoxy) is 1. The Bertz CT molecular complexity index is 731. The van der Waals surface area contributed by atoms with Crippen LogP contribution in [-0.2, 0) is 9.53 Å². The molecule has 0 aliphatic carbocycles. The minimum atomic E-state index is -1.07. The Morgan fingerprint density at radius 2 is 2.09 bits per heavy atom. The molecule has 23 heavy (non-hydrogen) atoms. The van der Waals surface area contributed by atoms with Gasteiger partial charge < -0.3 is 14.7 Å². The van der Waals surface area contributed by atoms with Gasteiger partial charge in [0.15, 0.2) is 6.10 Å². The van der Waals surface area contributed by atoms with E-state index in [-0.39, 0.29) is 19.1 Å². The maximum atomic E-state index is 12.5. The van der Waals surface area contributed by atoms with Crippen LogP contribution in [0, 0.1) is 0 Å². The molecule has 1 fully saturated rings. The highest BCUT2D eigenvalue weighted by Crippen LogP contribution is 2.25. The smallest absolute Gasteiger partial charge is 0.334 e. The van der Waals surface area contributed by atoms with Crippen LogP contribution in [-0.4, -0.2) is 52.7 Å². The molecule has 0 saturated carbocycles. The Morgan fingerprint density at radius 3 is 2.78 bits per heavy atom. The van der Waals surface area contributed by atoms with E-state index in [1.54, 1.807) is 17.5 Å². The number of aromatic nitrogens is 1. The minimum Gasteiger partial charge on any atom is -0.479 e. The second-order valence-corrected chi connectivity index (χ2v) is 6.29. The molecule has 1 aromatic heterocycles. The van der Waals surface area contributed by atoms with Gasteiger partial charge in [-0.3, -0.25) is 4.79 Å². The van der Waals surface area contributed by atoms with Gasteiger partial charge in [-0.25, -0.2) is 9.78 Å². The summed E-state index contributed by atoms with van der Waals surface area (Å²) >= 11 is 7.22. The first-order valence-electron chi connectivity index (χ1n) is 6.90. The van der Waals surface area contributed by atoms with Gasteiger partial charge >= 0.3 is 5.97 Å². The number of halogens is 1. The van der Waals surface area contributed by atoms with Crippen molar-refractivity contribution < 1.29 is 19.4 Å². The zero-order chi connectivity index (χ0) is 16.4. The second-order valence-electron chi connectivity index (χ2n) is 4.99. The molecule has 1 aliphatic rings. The molecule has 0 bridgehead atoms. The van der Waals surface area contributed by atoms with E-state index in [0.29, 0.717) is 22.3 Å². The fourth-order valence-electron chi connectivity index (χ4n) is 2.24. The minimum absolute atomic E-state index is 0.0297. The van der Waals surface area contributed by atoms with Crippen molar-refractivity contribution in [3.05, 3.63) is 40.4 Å². The quantitative estimate of drug-likeness (QED) is 0.917. The van der Waals surface area contributed by atoms with Gasteiger partial charge in [-0.1, -0.05) is 23.7 Å². The van der Waals surface area contributed by atoms with Gasteiger partial charge in [0.25, 0.3) is 5.91 Å². The molecule has 1 amide bonds. The predicted octanol–water partition coefficient (Wildman–Crippen LogP) is 2.39. The number of carboxylic acids is 1. The number of carbonyl (C=O) groups is 2. The zero-order valence-electron chi connectivity index (χ0n) is 11.9. The zero-order valence-corrected chi connectivity index (χ0v) is 13.5. The first-order chi connectivity index (χ1) is 11.0. The van der Waals surface area contributed by atoms with Crippen LogP contribution in [0.15, 0.2) is 29.6 Å². The lowest BCUT2D eigenvalue weighted by Crippen LogP contribution is -2.48. The number of rotatable bonds is 3. The van der Waals surface area contributed by atoms with Gasteiger partial charge in [-0.05, 0) is 12.1 Å². The van der Waals surface area contributed by atoms with E-state index in [0.717, 1.165) is 5.56 Å². The van der Waals surface area contributed by atoms with E-state index < -0.39 is 12.1 Å². The first kappa shape index (κ1) is 15.9. The summed E-state index contributed by atoms with van der Waals surface area (Å²) in [6.45, 7) is 0.593. The van der Waals surface area contributed by atoms with Gasteiger partial charge in [-0.15, -0.1) is 11.3 Å². The molecule has 1 saturated heterocycles. The number of thiazole rings is 1. The predicted molar refractivity (Wildman–Crippen MR) is 85.8 cm³/mol. The average molecular weight is 353 g/mol. The number of nitrogens with zero attached hydrogens (tertiary/aromatic N) is 2. The summed E-state index contributed by atoms with van der Waals surface area (Å²) in [6.07, 6.45) is -0.984. The maximum Gasteiger partial charge on any atom is 0.334 e. The van der Waals surface area contributed by atoms with E-state index in [1.807, 2.05) is 12.1 Å². The summed E-state index contributed by atoms with van der Waals surface area (Å²) in [4.78, 5) is 29.3. The third kappa shape index (κ3) is 3.52. The monoisotopic (exact) mass is 352 g/mol. The lowest BCUT2D eigenvalue weighted by atomic mass is 10.2. The Kier molecular flexibility index (Phi) is 4.61. The van der Waals surface area contributed by atoms with Gasteiger partial charge in [0.2, 0.25) is 0 Å². The summed E-state index contributed by atoms with van der Waals surface area (Å²) in [7, 11) is 0. The van der Waals surface area contributed by atoms with Gasteiger partial charge in [0.05, 0.1) is 13.2 Å². The van der Waals surface area contributed by atoms with Crippen molar-refractivity contribution in [2.45, 2.75) is 6.10 Å². The highest BCUT2D eigenvalue weighted by atomic mass is 35.5. The number of carboxylic acid groups (broad SMARTS) is 1. The molecule has 8 heteroatoms. The lowest BCUT2D eigenvalue weighted by Gasteiger charge is -2.30. The fourth-order valence-corrected chi connectivity index (χ4v) is 3.17. The van der Waals surface area contributed by atoms with E-state index >= 15 is 0 Å². The lowest BCUT2D eigenvalue weighted by molar-refractivity contribution is -0.154. The van der Waals surface area contributed by atoms with Gasteiger partial charge in [0.1, 0.15) is 10.7 Å². The molecular weight excluding hydrogens is 340 g/mol. The van der Waals surface area contributed by atoms with Crippen LogP contribution in [0.25, 0.3) is 10.6 Å². The van der Waals surface area contributed by atoms with Crippen molar-refractivity contribution >= 4 is 34.8 Å². The summed E-state index contributed by atoms with van der Waals surface area (Å²) in [5, 5.41) is 12.0. The first-order valence-corrected chi connectivity index (χ1v) is 8.15. The topological polar surface area (TPSA) is 79.7 Å².